The molecule has 0 unspecified atom stereocenters. The summed E-state index contributed by atoms with van der Waals surface area (Å²) in [5.41, 5.74) is 2.81. The van der Waals surface area contributed by atoms with Crippen LogP contribution in [0.1, 0.15) is 37.3 Å². The molecule has 1 aromatic rings. The second kappa shape index (κ2) is 8.68. The topological polar surface area (TPSA) is 59.0 Å². The fourth-order valence-electron chi connectivity index (χ4n) is 3.79. The van der Waals surface area contributed by atoms with Gasteiger partial charge in [0.2, 0.25) is 0 Å². The van der Waals surface area contributed by atoms with Crippen LogP contribution in [0, 0.1) is 5.92 Å². The Morgan fingerprint density at radius 1 is 1.28 bits per heavy atom. The standard InChI is InChI=1S/C20H29NO4/c1-2-24-20(23)16-8-10-21(11-9-16)13-18(22)14-25-19-7-6-15-4-3-5-17(15)12-19/h6-7,12,16,18,22H,2-5,8-11,13-14H2,1H3/t18-/m0/s1. The third-order valence-corrected chi connectivity index (χ3v) is 5.19. The smallest absolute Gasteiger partial charge is 0.309 e. The summed E-state index contributed by atoms with van der Waals surface area (Å²) in [6.07, 6.45) is 4.61. The van der Waals surface area contributed by atoms with Crippen molar-refractivity contribution < 1.29 is 19.4 Å². The van der Waals surface area contributed by atoms with Gasteiger partial charge >= 0.3 is 5.97 Å². The number of carbonyl (C=O) groups is 1. The maximum atomic E-state index is 11.8. The average molecular weight is 347 g/mol. The first kappa shape index (κ1) is 18.2. The Labute approximate surface area is 149 Å². The van der Waals surface area contributed by atoms with Crippen molar-refractivity contribution in [2.75, 3.05) is 32.8 Å². The van der Waals surface area contributed by atoms with Crippen LogP contribution in [0.25, 0.3) is 0 Å². The summed E-state index contributed by atoms with van der Waals surface area (Å²) in [5.74, 6) is 0.777. The lowest BCUT2D eigenvalue weighted by Crippen LogP contribution is -2.42. The van der Waals surface area contributed by atoms with Gasteiger partial charge in [-0.15, -0.1) is 0 Å². The predicted octanol–water partition coefficient (Wildman–Crippen LogP) is 2.19. The van der Waals surface area contributed by atoms with Gasteiger partial charge in [0.1, 0.15) is 18.5 Å². The number of piperidine rings is 1. The highest BCUT2D eigenvalue weighted by Gasteiger charge is 2.26. The lowest BCUT2D eigenvalue weighted by Gasteiger charge is -2.32. The summed E-state index contributed by atoms with van der Waals surface area (Å²) < 4.78 is 10.9. The molecule has 0 bridgehead atoms. The van der Waals surface area contributed by atoms with Crippen LogP contribution in [0.5, 0.6) is 5.75 Å². The number of β-amino-alcohol motifs (C(OH)–C–C–N with tert-alkyl or cyclic N) is 1. The van der Waals surface area contributed by atoms with E-state index in [0.29, 0.717) is 19.8 Å². The van der Waals surface area contributed by atoms with Gasteiger partial charge in [-0.2, -0.15) is 0 Å². The maximum Gasteiger partial charge on any atom is 0.309 e. The van der Waals surface area contributed by atoms with Gasteiger partial charge in [0.25, 0.3) is 0 Å². The predicted molar refractivity (Wildman–Crippen MR) is 95.8 cm³/mol. The van der Waals surface area contributed by atoms with E-state index in [4.69, 9.17) is 9.47 Å². The zero-order valence-corrected chi connectivity index (χ0v) is 15.1. The van der Waals surface area contributed by atoms with Gasteiger partial charge in [0.05, 0.1) is 12.5 Å². The van der Waals surface area contributed by atoms with Gasteiger partial charge in [-0.1, -0.05) is 6.07 Å². The normalized spacial score (nSPS) is 19.4. The number of aliphatic hydroxyl groups is 1. The molecule has 2 aliphatic rings. The average Bonchev–Trinajstić information content (AvgIpc) is 3.08. The number of aryl methyl sites for hydroxylation is 2. The molecule has 1 heterocycles. The van der Waals surface area contributed by atoms with Crippen molar-refractivity contribution >= 4 is 5.97 Å². The summed E-state index contributed by atoms with van der Waals surface area (Å²) in [6, 6.07) is 6.26. The highest BCUT2D eigenvalue weighted by Crippen LogP contribution is 2.26. The minimum atomic E-state index is -0.521. The fourth-order valence-corrected chi connectivity index (χ4v) is 3.79. The zero-order valence-electron chi connectivity index (χ0n) is 15.1. The Bertz CT molecular complexity index is 581. The largest absolute Gasteiger partial charge is 0.491 e. The molecule has 138 valence electrons. The molecule has 0 spiro atoms. The van der Waals surface area contributed by atoms with E-state index in [0.717, 1.165) is 38.1 Å². The number of fused-ring (bicyclic) bond motifs is 1. The number of ether oxygens (including phenoxy) is 2. The number of likely N-dealkylation sites (tertiary alicyclic amines) is 1. The Morgan fingerprint density at radius 3 is 2.80 bits per heavy atom. The molecule has 1 saturated heterocycles. The molecule has 5 nitrogen and oxygen atoms in total. The van der Waals surface area contributed by atoms with Crippen LogP contribution >= 0.6 is 0 Å². The van der Waals surface area contributed by atoms with E-state index in [9.17, 15) is 9.90 Å². The van der Waals surface area contributed by atoms with Crippen molar-refractivity contribution in [3.05, 3.63) is 29.3 Å². The Hall–Kier alpha value is -1.59. The van der Waals surface area contributed by atoms with Gasteiger partial charge < -0.3 is 19.5 Å². The van der Waals surface area contributed by atoms with E-state index in [-0.39, 0.29) is 11.9 Å². The van der Waals surface area contributed by atoms with Crippen LogP contribution < -0.4 is 4.74 Å². The van der Waals surface area contributed by atoms with Gasteiger partial charge in [-0.3, -0.25) is 4.79 Å². The number of benzene rings is 1. The first-order chi connectivity index (χ1) is 12.2. The number of nitrogens with zero attached hydrogens (tertiary/aromatic N) is 1. The molecule has 0 radical (unpaired) electrons. The first-order valence-corrected chi connectivity index (χ1v) is 9.47. The molecule has 0 amide bonds. The maximum absolute atomic E-state index is 11.8. The number of aliphatic hydroxyl groups excluding tert-OH is 1. The fraction of sp³-hybridized carbons (Fsp3) is 0.650. The molecule has 1 N–H and O–H groups in total. The van der Waals surface area contributed by atoms with Gasteiger partial charge in [-0.25, -0.2) is 0 Å². The summed E-state index contributed by atoms with van der Waals surface area (Å²) in [5, 5.41) is 10.3. The summed E-state index contributed by atoms with van der Waals surface area (Å²) in [4.78, 5) is 14.0. The SMILES string of the molecule is CCOC(=O)C1CCN(C[C@H](O)COc2ccc3c(c2)CCC3)CC1. The molecule has 0 saturated carbocycles. The Kier molecular flexibility index (Phi) is 6.32. The van der Waals surface area contributed by atoms with E-state index >= 15 is 0 Å². The second-order valence-electron chi connectivity index (χ2n) is 7.08. The first-order valence-electron chi connectivity index (χ1n) is 9.47. The number of hydrogen-bond acceptors (Lipinski definition) is 5. The zero-order chi connectivity index (χ0) is 17.6. The molecule has 1 aromatic carbocycles. The molecule has 3 rings (SSSR count). The number of rotatable bonds is 7. The van der Waals surface area contributed by atoms with Crippen molar-refractivity contribution in [1.82, 2.24) is 4.90 Å². The van der Waals surface area contributed by atoms with Crippen molar-refractivity contribution in [3.8, 4) is 5.75 Å². The molecule has 5 heteroatoms. The minimum Gasteiger partial charge on any atom is -0.491 e. The Balaban J connectivity index is 1.38. The van der Waals surface area contributed by atoms with E-state index < -0.39 is 6.10 Å². The number of carbonyl (C=O) groups excluding carboxylic acids is 1. The van der Waals surface area contributed by atoms with Crippen LogP contribution in [-0.4, -0.2) is 54.9 Å². The van der Waals surface area contributed by atoms with Crippen LogP contribution in [0.3, 0.4) is 0 Å². The van der Waals surface area contributed by atoms with Gasteiger partial charge in [0, 0.05) is 6.54 Å². The van der Waals surface area contributed by atoms with Crippen molar-refractivity contribution in [2.45, 2.75) is 45.1 Å². The second-order valence-corrected chi connectivity index (χ2v) is 7.08. The molecule has 0 aromatic heterocycles. The monoisotopic (exact) mass is 347 g/mol. The highest BCUT2D eigenvalue weighted by molar-refractivity contribution is 5.72. The van der Waals surface area contributed by atoms with Crippen LogP contribution in [-0.2, 0) is 22.4 Å². The molecule has 1 aliphatic heterocycles. The van der Waals surface area contributed by atoms with Crippen molar-refractivity contribution in [3.63, 3.8) is 0 Å². The van der Waals surface area contributed by atoms with Crippen molar-refractivity contribution in [2.24, 2.45) is 5.92 Å². The summed E-state index contributed by atoms with van der Waals surface area (Å²) in [7, 11) is 0. The summed E-state index contributed by atoms with van der Waals surface area (Å²) >= 11 is 0. The van der Waals surface area contributed by atoms with Crippen LogP contribution in [0.2, 0.25) is 0 Å². The molecule has 25 heavy (non-hydrogen) atoms. The van der Waals surface area contributed by atoms with Gasteiger partial charge in [0.15, 0.2) is 0 Å². The Morgan fingerprint density at radius 2 is 2.04 bits per heavy atom. The third kappa shape index (κ3) is 4.95. The van der Waals surface area contributed by atoms with E-state index in [1.54, 1.807) is 0 Å². The number of hydrogen-bond donors (Lipinski definition) is 1. The van der Waals surface area contributed by atoms with Crippen LogP contribution in [0.4, 0.5) is 0 Å². The molecule has 1 aliphatic carbocycles. The minimum absolute atomic E-state index is 0.0102. The van der Waals surface area contributed by atoms with Crippen molar-refractivity contribution in [1.29, 1.82) is 0 Å². The van der Waals surface area contributed by atoms with Gasteiger partial charge in [-0.05, 0) is 75.4 Å². The number of esters is 1. The van der Waals surface area contributed by atoms with E-state index in [1.807, 2.05) is 13.0 Å². The molecular weight excluding hydrogens is 318 g/mol. The molecule has 1 atom stereocenters. The lowest BCUT2D eigenvalue weighted by molar-refractivity contribution is -0.149. The van der Waals surface area contributed by atoms with Crippen LogP contribution in [0.15, 0.2) is 18.2 Å². The van der Waals surface area contributed by atoms with E-state index in [2.05, 4.69) is 17.0 Å². The van der Waals surface area contributed by atoms with E-state index in [1.165, 1.54) is 24.0 Å². The third-order valence-electron chi connectivity index (χ3n) is 5.19. The summed E-state index contributed by atoms with van der Waals surface area (Å²) in [6.45, 7) is 4.80. The quantitative estimate of drug-likeness (QED) is 0.766. The molecule has 1 fully saturated rings. The lowest BCUT2D eigenvalue weighted by atomic mass is 9.97. The highest BCUT2D eigenvalue weighted by atomic mass is 16.5. The molecular formula is C20H29NO4.